The molecule has 0 aromatic rings. The van der Waals surface area contributed by atoms with Crippen molar-refractivity contribution in [3.63, 3.8) is 0 Å². The van der Waals surface area contributed by atoms with Crippen molar-refractivity contribution < 1.29 is 4.74 Å². The van der Waals surface area contributed by atoms with Crippen molar-refractivity contribution in [1.82, 2.24) is 5.32 Å². The van der Waals surface area contributed by atoms with E-state index in [9.17, 15) is 0 Å². The Morgan fingerprint density at radius 3 is 2.43 bits per heavy atom. The lowest BCUT2D eigenvalue weighted by Gasteiger charge is -2.42. The van der Waals surface area contributed by atoms with Crippen LogP contribution in [0.1, 0.15) is 38.5 Å². The van der Waals surface area contributed by atoms with E-state index in [0.717, 1.165) is 25.2 Å². The fourth-order valence-electron chi connectivity index (χ4n) is 3.63. The Morgan fingerprint density at radius 1 is 1.07 bits per heavy atom. The van der Waals surface area contributed by atoms with E-state index < -0.39 is 0 Å². The molecule has 80 valence electrons. The molecule has 3 rings (SSSR count). The summed E-state index contributed by atoms with van der Waals surface area (Å²) >= 11 is 0. The first-order chi connectivity index (χ1) is 6.92. The molecule has 0 bridgehead atoms. The van der Waals surface area contributed by atoms with Crippen molar-refractivity contribution in [3.8, 4) is 0 Å². The number of hydrogen-bond donors (Lipinski definition) is 1. The van der Waals surface area contributed by atoms with Crippen LogP contribution in [0.5, 0.6) is 0 Å². The van der Waals surface area contributed by atoms with E-state index >= 15 is 0 Å². The molecule has 1 N–H and O–H groups in total. The molecule has 14 heavy (non-hydrogen) atoms. The number of rotatable bonds is 2. The molecule has 2 heteroatoms. The summed E-state index contributed by atoms with van der Waals surface area (Å²) in [6.45, 7) is 3.27. The molecule has 0 aromatic carbocycles. The maximum absolute atomic E-state index is 5.53. The van der Waals surface area contributed by atoms with Gasteiger partial charge < -0.3 is 10.1 Å². The first kappa shape index (κ1) is 9.17. The van der Waals surface area contributed by atoms with Gasteiger partial charge in [0, 0.05) is 19.3 Å². The molecule has 2 heterocycles. The second-order valence-electron chi connectivity index (χ2n) is 5.27. The molecule has 3 aliphatic rings. The maximum atomic E-state index is 5.53. The molecule has 1 aliphatic carbocycles. The summed E-state index contributed by atoms with van der Waals surface area (Å²) in [5.74, 6) is 1.03. The summed E-state index contributed by atoms with van der Waals surface area (Å²) in [6, 6.07) is 0.818. The quantitative estimate of drug-likeness (QED) is 0.727. The van der Waals surface area contributed by atoms with Gasteiger partial charge in [-0.1, -0.05) is 0 Å². The highest BCUT2D eigenvalue weighted by Gasteiger charge is 2.51. The van der Waals surface area contributed by atoms with Crippen molar-refractivity contribution in [2.45, 2.75) is 44.6 Å². The second kappa shape index (κ2) is 3.49. The zero-order valence-electron chi connectivity index (χ0n) is 8.93. The van der Waals surface area contributed by atoms with Gasteiger partial charge >= 0.3 is 0 Å². The lowest BCUT2D eigenvalue weighted by atomic mass is 9.69. The number of hydrogen-bond acceptors (Lipinski definition) is 2. The third-order valence-electron chi connectivity index (χ3n) is 4.57. The van der Waals surface area contributed by atoms with E-state index in [4.69, 9.17) is 4.74 Å². The molecule has 0 aromatic heterocycles. The Labute approximate surface area is 86.4 Å². The largest absolute Gasteiger partial charge is 0.381 e. The van der Waals surface area contributed by atoms with Gasteiger partial charge in [0.1, 0.15) is 0 Å². The maximum Gasteiger partial charge on any atom is 0.0472 e. The fourth-order valence-corrected chi connectivity index (χ4v) is 3.63. The van der Waals surface area contributed by atoms with E-state index in [2.05, 4.69) is 5.32 Å². The molecular weight excluding hydrogens is 174 g/mol. The molecule has 2 saturated heterocycles. The van der Waals surface area contributed by atoms with Gasteiger partial charge in [0.2, 0.25) is 0 Å². The van der Waals surface area contributed by atoms with E-state index in [1.54, 1.807) is 0 Å². The van der Waals surface area contributed by atoms with Gasteiger partial charge in [-0.05, 0) is 56.4 Å². The van der Waals surface area contributed by atoms with Crippen LogP contribution in [0.3, 0.4) is 0 Å². The van der Waals surface area contributed by atoms with Crippen LogP contribution < -0.4 is 5.32 Å². The van der Waals surface area contributed by atoms with E-state index in [-0.39, 0.29) is 0 Å². The molecule has 1 saturated carbocycles. The lowest BCUT2D eigenvalue weighted by Crippen LogP contribution is -2.46. The summed E-state index contributed by atoms with van der Waals surface area (Å²) in [7, 11) is 0. The van der Waals surface area contributed by atoms with E-state index in [1.807, 2.05) is 0 Å². The van der Waals surface area contributed by atoms with Gasteiger partial charge in [-0.15, -0.1) is 0 Å². The van der Waals surface area contributed by atoms with Gasteiger partial charge in [-0.25, -0.2) is 0 Å². The molecule has 2 nitrogen and oxygen atoms in total. The Hall–Kier alpha value is -0.0800. The fraction of sp³-hybridized carbons (Fsp3) is 1.00. The minimum absolute atomic E-state index is 0.634. The van der Waals surface area contributed by atoms with Gasteiger partial charge in [-0.3, -0.25) is 0 Å². The number of nitrogens with one attached hydrogen (secondary N) is 1. The SMILES string of the molecule is C1CNC(C2(C3CC3)CCOCC2)C1. The minimum Gasteiger partial charge on any atom is -0.381 e. The molecule has 0 amide bonds. The molecule has 0 spiro atoms. The van der Waals surface area contributed by atoms with Gasteiger partial charge in [0.05, 0.1) is 0 Å². The monoisotopic (exact) mass is 195 g/mol. The standard InChI is InChI=1S/C12H21NO/c1-2-11(13-7-1)12(10-3-4-10)5-8-14-9-6-12/h10-11,13H,1-9H2. The summed E-state index contributed by atoms with van der Waals surface area (Å²) in [6.07, 6.45) is 8.40. The minimum atomic E-state index is 0.634. The lowest BCUT2D eigenvalue weighted by molar-refractivity contribution is -0.0159. The summed E-state index contributed by atoms with van der Waals surface area (Å²) < 4.78 is 5.53. The molecule has 1 atom stereocenters. The van der Waals surface area contributed by atoms with Crippen molar-refractivity contribution in [1.29, 1.82) is 0 Å². The van der Waals surface area contributed by atoms with E-state index in [0.29, 0.717) is 5.41 Å². The smallest absolute Gasteiger partial charge is 0.0472 e. The Morgan fingerprint density at radius 2 is 1.86 bits per heavy atom. The average Bonchev–Trinajstić information content (AvgIpc) is 2.95. The summed E-state index contributed by atoms with van der Waals surface area (Å²) in [5.41, 5.74) is 0.634. The van der Waals surface area contributed by atoms with Crippen LogP contribution in [-0.2, 0) is 4.74 Å². The van der Waals surface area contributed by atoms with Crippen LogP contribution in [0.2, 0.25) is 0 Å². The van der Waals surface area contributed by atoms with Crippen LogP contribution in [-0.4, -0.2) is 25.8 Å². The zero-order chi connectivity index (χ0) is 9.43. The molecule has 0 radical (unpaired) electrons. The highest BCUT2D eigenvalue weighted by Crippen LogP contribution is 2.54. The Bertz CT molecular complexity index is 200. The Balaban J connectivity index is 1.78. The highest BCUT2D eigenvalue weighted by atomic mass is 16.5. The third kappa shape index (κ3) is 1.40. The first-order valence-corrected chi connectivity index (χ1v) is 6.23. The van der Waals surface area contributed by atoms with Crippen LogP contribution in [0, 0.1) is 11.3 Å². The predicted molar refractivity (Wildman–Crippen MR) is 56.2 cm³/mol. The molecule has 1 unspecified atom stereocenters. The molecular formula is C12H21NO. The highest BCUT2D eigenvalue weighted by molar-refractivity contribution is 5.03. The van der Waals surface area contributed by atoms with Crippen molar-refractivity contribution >= 4 is 0 Å². The predicted octanol–water partition coefficient (Wildman–Crippen LogP) is 1.95. The van der Waals surface area contributed by atoms with Crippen LogP contribution in [0.25, 0.3) is 0 Å². The van der Waals surface area contributed by atoms with Gasteiger partial charge in [-0.2, -0.15) is 0 Å². The van der Waals surface area contributed by atoms with Crippen LogP contribution >= 0.6 is 0 Å². The van der Waals surface area contributed by atoms with Crippen molar-refractivity contribution in [3.05, 3.63) is 0 Å². The first-order valence-electron chi connectivity index (χ1n) is 6.23. The summed E-state index contributed by atoms with van der Waals surface area (Å²) in [4.78, 5) is 0. The van der Waals surface area contributed by atoms with Gasteiger partial charge in [0.15, 0.2) is 0 Å². The van der Waals surface area contributed by atoms with E-state index in [1.165, 1.54) is 45.1 Å². The van der Waals surface area contributed by atoms with Crippen molar-refractivity contribution in [2.24, 2.45) is 11.3 Å². The zero-order valence-corrected chi connectivity index (χ0v) is 8.93. The van der Waals surface area contributed by atoms with Crippen molar-refractivity contribution in [2.75, 3.05) is 19.8 Å². The third-order valence-corrected chi connectivity index (χ3v) is 4.57. The normalized spacial score (nSPS) is 37.3. The van der Waals surface area contributed by atoms with Crippen LogP contribution in [0.4, 0.5) is 0 Å². The number of ether oxygens (including phenoxy) is 1. The average molecular weight is 195 g/mol. The topological polar surface area (TPSA) is 21.3 Å². The summed E-state index contributed by atoms with van der Waals surface area (Å²) in [5, 5.41) is 3.73. The Kier molecular flexibility index (Phi) is 2.29. The molecule has 3 fully saturated rings. The van der Waals surface area contributed by atoms with Crippen LogP contribution in [0.15, 0.2) is 0 Å². The van der Waals surface area contributed by atoms with Gasteiger partial charge in [0.25, 0.3) is 0 Å². The second-order valence-corrected chi connectivity index (χ2v) is 5.27. The molecule has 2 aliphatic heterocycles.